The van der Waals surface area contributed by atoms with E-state index in [9.17, 15) is 9.18 Å². The van der Waals surface area contributed by atoms with Gasteiger partial charge >= 0.3 is 0 Å². The molecule has 1 aliphatic carbocycles. The Bertz CT molecular complexity index is 414. The van der Waals surface area contributed by atoms with E-state index in [2.05, 4.69) is 18.2 Å². The largest absolute Gasteiger partial charge is 0.335 e. The Kier molecular flexibility index (Phi) is 2.39. The number of halogens is 1. The Hall–Kier alpha value is -1.12. The molecule has 17 heavy (non-hydrogen) atoms. The molecule has 0 saturated carbocycles. The number of hydrogen-bond acceptors (Lipinski definition) is 1. The fraction of sp³-hybridized carbons (Fsp3) is 0.643. The van der Waals surface area contributed by atoms with Gasteiger partial charge in [-0.2, -0.15) is 0 Å². The van der Waals surface area contributed by atoms with Gasteiger partial charge in [0.15, 0.2) is 0 Å². The summed E-state index contributed by atoms with van der Waals surface area (Å²) in [6.45, 7) is 2.37. The lowest BCUT2D eigenvalue weighted by atomic mass is 9.71. The summed E-state index contributed by atoms with van der Waals surface area (Å²) in [6.07, 6.45) is 8.77. The zero-order chi connectivity index (χ0) is 12.0. The van der Waals surface area contributed by atoms with Crippen LogP contribution in [0.15, 0.2) is 23.8 Å². The number of amides is 1. The van der Waals surface area contributed by atoms with E-state index in [0.717, 1.165) is 19.4 Å². The van der Waals surface area contributed by atoms with E-state index < -0.39 is 12.1 Å². The Labute approximate surface area is 101 Å². The highest BCUT2D eigenvalue weighted by atomic mass is 19.1. The number of alkyl halides is 1. The standard InChI is InChI=1S/C14H18FNO/c1-14(7-8-15)11-6-2-4-10-5-3-9-16(12(10)11)13(14)17/h2,4,6,11-12H,3,5,7-9H2,1H3. The van der Waals surface area contributed by atoms with Crippen molar-refractivity contribution in [3.8, 4) is 0 Å². The molecule has 0 spiro atoms. The Morgan fingerprint density at radius 3 is 3.18 bits per heavy atom. The zero-order valence-electron chi connectivity index (χ0n) is 10.2. The number of rotatable bonds is 2. The highest BCUT2D eigenvalue weighted by molar-refractivity contribution is 5.87. The van der Waals surface area contributed by atoms with Crippen LogP contribution in [0.5, 0.6) is 0 Å². The minimum absolute atomic E-state index is 0.155. The predicted molar refractivity (Wildman–Crippen MR) is 64.1 cm³/mol. The van der Waals surface area contributed by atoms with Gasteiger partial charge in [0, 0.05) is 12.5 Å². The number of carbonyl (C=O) groups excluding carboxylic acids is 1. The lowest BCUT2D eigenvalue weighted by Gasteiger charge is -2.36. The highest BCUT2D eigenvalue weighted by Crippen LogP contribution is 2.50. The number of allylic oxidation sites excluding steroid dienone is 2. The summed E-state index contributed by atoms with van der Waals surface area (Å²) in [7, 11) is 0. The summed E-state index contributed by atoms with van der Waals surface area (Å²) in [5, 5.41) is 0. The van der Waals surface area contributed by atoms with Crippen molar-refractivity contribution in [3.63, 3.8) is 0 Å². The van der Waals surface area contributed by atoms with Gasteiger partial charge in [-0.25, -0.2) is 0 Å². The van der Waals surface area contributed by atoms with Gasteiger partial charge in [0.05, 0.1) is 18.1 Å². The van der Waals surface area contributed by atoms with Crippen molar-refractivity contribution in [3.05, 3.63) is 23.8 Å². The van der Waals surface area contributed by atoms with Gasteiger partial charge in [-0.05, 0) is 31.8 Å². The van der Waals surface area contributed by atoms with Crippen LogP contribution in [0.4, 0.5) is 4.39 Å². The highest BCUT2D eigenvalue weighted by Gasteiger charge is 2.56. The Morgan fingerprint density at radius 2 is 2.41 bits per heavy atom. The molecule has 0 aromatic heterocycles. The summed E-state index contributed by atoms with van der Waals surface area (Å²) in [5.41, 5.74) is 0.833. The molecule has 2 aliphatic heterocycles. The van der Waals surface area contributed by atoms with Crippen molar-refractivity contribution < 1.29 is 9.18 Å². The van der Waals surface area contributed by atoms with Gasteiger partial charge in [-0.3, -0.25) is 9.18 Å². The Morgan fingerprint density at radius 1 is 1.59 bits per heavy atom. The van der Waals surface area contributed by atoms with Crippen molar-refractivity contribution in [1.82, 2.24) is 4.90 Å². The summed E-state index contributed by atoms with van der Waals surface area (Å²) in [6, 6.07) is 0.220. The van der Waals surface area contributed by atoms with Crippen LogP contribution in [0.3, 0.4) is 0 Å². The first kappa shape index (κ1) is 11.0. The zero-order valence-corrected chi connectivity index (χ0v) is 10.2. The van der Waals surface area contributed by atoms with Crippen LogP contribution in [-0.4, -0.2) is 30.1 Å². The van der Waals surface area contributed by atoms with E-state index in [1.165, 1.54) is 5.57 Å². The van der Waals surface area contributed by atoms with Crippen LogP contribution in [-0.2, 0) is 4.79 Å². The molecular weight excluding hydrogens is 217 g/mol. The minimum Gasteiger partial charge on any atom is -0.335 e. The first-order valence-corrected chi connectivity index (χ1v) is 6.43. The molecule has 2 saturated heterocycles. The van der Waals surface area contributed by atoms with E-state index in [1.807, 2.05) is 11.8 Å². The van der Waals surface area contributed by atoms with Crippen molar-refractivity contribution in [2.75, 3.05) is 13.2 Å². The second kappa shape index (κ2) is 3.69. The third-order valence-corrected chi connectivity index (χ3v) is 4.65. The van der Waals surface area contributed by atoms with E-state index in [-0.39, 0.29) is 17.9 Å². The van der Waals surface area contributed by atoms with E-state index >= 15 is 0 Å². The molecule has 92 valence electrons. The molecule has 0 N–H and O–H groups in total. The van der Waals surface area contributed by atoms with Crippen LogP contribution >= 0.6 is 0 Å². The lowest BCUT2D eigenvalue weighted by Crippen LogP contribution is -2.41. The van der Waals surface area contributed by atoms with E-state index in [0.29, 0.717) is 6.42 Å². The smallest absolute Gasteiger partial charge is 0.229 e. The summed E-state index contributed by atoms with van der Waals surface area (Å²) >= 11 is 0. The average Bonchev–Trinajstić information content (AvgIpc) is 2.55. The summed E-state index contributed by atoms with van der Waals surface area (Å²) in [5.74, 6) is 0.327. The molecule has 0 aromatic rings. The van der Waals surface area contributed by atoms with Gasteiger partial charge in [-0.1, -0.05) is 18.2 Å². The van der Waals surface area contributed by atoms with Gasteiger partial charge in [0.2, 0.25) is 5.91 Å². The van der Waals surface area contributed by atoms with Gasteiger partial charge in [0.1, 0.15) is 0 Å². The first-order valence-electron chi connectivity index (χ1n) is 6.43. The van der Waals surface area contributed by atoms with Crippen LogP contribution in [0.25, 0.3) is 0 Å². The average molecular weight is 235 g/mol. The van der Waals surface area contributed by atoms with Gasteiger partial charge in [-0.15, -0.1) is 0 Å². The monoisotopic (exact) mass is 235 g/mol. The van der Waals surface area contributed by atoms with Crippen molar-refractivity contribution >= 4 is 5.91 Å². The van der Waals surface area contributed by atoms with E-state index in [4.69, 9.17) is 0 Å². The van der Waals surface area contributed by atoms with Crippen molar-refractivity contribution in [2.45, 2.75) is 32.2 Å². The van der Waals surface area contributed by atoms with Crippen LogP contribution < -0.4 is 0 Å². The first-order chi connectivity index (χ1) is 8.18. The predicted octanol–water partition coefficient (Wildman–Crippen LogP) is 2.47. The molecule has 1 amide bonds. The van der Waals surface area contributed by atoms with Crippen LogP contribution in [0.1, 0.15) is 26.2 Å². The molecule has 0 aromatic carbocycles. The van der Waals surface area contributed by atoms with Gasteiger partial charge in [0.25, 0.3) is 0 Å². The maximum Gasteiger partial charge on any atom is 0.229 e. The van der Waals surface area contributed by atoms with Crippen LogP contribution in [0.2, 0.25) is 0 Å². The van der Waals surface area contributed by atoms with Crippen LogP contribution in [0, 0.1) is 11.3 Å². The summed E-state index contributed by atoms with van der Waals surface area (Å²) in [4.78, 5) is 14.5. The molecule has 3 rings (SSSR count). The third-order valence-electron chi connectivity index (χ3n) is 4.65. The third kappa shape index (κ3) is 1.34. The molecule has 0 radical (unpaired) electrons. The fourth-order valence-corrected chi connectivity index (χ4v) is 3.68. The molecular formula is C14H18FNO. The topological polar surface area (TPSA) is 20.3 Å². The second-order valence-electron chi connectivity index (χ2n) is 5.56. The molecule has 3 unspecified atom stereocenters. The quantitative estimate of drug-likeness (QED) is 0.720. The van der Waals surface area contributed by atoms with E-state index in [1.54, 1.807) is 0 Å². The van der Waals surface area contributed by atoms with Crippen molar-refractivity contribution in [2.24, 2.45) is 11.3 Å². The lowest BCUT2D eigenvalue weighted by molar-refractivity contribution is -0.137. The summed E-state index contributed by atoms with van der Waals surface area (Å²) < 4.78 is 12.8. The van der Waals surface area contributed by atoms with Crippen molar-refractivity contribution in [1.29, 1.82) is 0 Å². The Balaban J connectivity index is 2.04. The number of piperidine rings is 1. The SMILES string of the molecule is CC1(CCF)C(=O)N2CCCC3=CC=CC1C32. The second-order valence-corrected chi connectivity index (χ2v) is 5.56. The molecule has 0 bridgehead atoms. The molecule has 2 heterocycles. The normalized spacial score (nSPS) is 39.3. The molecule has 3 atom stereocenters. The molecule has 2 fully saturated rings. The molecule has 2 nitrogen and oxygen atoms in total. The number of carbonyl (C=O) groups is 1. The van der Waals surface area contributed by atoms with Gasteiger partial charge < -0.3 is 4.90 Å². The molecule has 3 heteroatoms. The molecule has 3 aliphatic rings. The maximum atomic E-state index is 12.8. The fourth-order valence-electron chi connectivity index (χ4n) is 3.68. The maximum absolute atomic E-state index is 12.8. The minimum atomic E-state index is -0.528. The number of nitrogens with zero attached hydrogens (tertiary/aromatic N) is 1. The number of hydrogen-bond donors (Lipinski definition) is 0.